The van der Waals surface area contributed by atoms with Crippen LogP contribution in [0.3, 0.4) is 0 Å². The molecule has 0 radical (unpaired) electrons. The molecule has 0 aromatic heterocycles. The van der Waals surface area contributed by atoms with Gasteiger partial charge in [0.1, 0.15) is 29.8 Å². The maximum absolute atomic E-state index is 14.4. The summed E-state index contributed by atoms with van der Waals surface area (Å²) in [6, 6.07) is 15.5. The summed E-state index contributed by atoms with van der Waals surface area (Å²) in [6.07, 6.45) is 8.36. The third kappa shape index (κ3) is 6.42. The van der Waals surface area contributed by atoms with Crippen LogP contribution in [0, 0.1) is 40.4 Å². The first-order valence-corrected chi connectivity index (χ1v) is 17.0. The number of hydrogen-bond donors (Lipinski definition) is 0. The molecular weight excluding hydrogens is 588 g/mol. The van der Waals surface area contributed by atoms with Crippen molar-refractivity contribution in [2.75, 3.05) is 20.8 Å². The zero-order valence-corrected chi connectivity index (χ0v) is 28.2. The van der Waals surface area contributed by atoms with Gasteiger partial charge in [0.25, 0.3) is 0 Å². The number of aldehydes is 1. The summed E-state index contributed by atoms with van der Waals surface area (Å²) in [5.74, 6) is 2.18. The molecule has 45 heavy (non-hydrogen) atoms. The van der Waals surface area contributed by atoms with E-state index in [0.29, 0.717) is 26.1 Å². The van der Waals surface area contributed by atoms with Crippen LogP contribution in [0.1, 0.15) is 70.4 Å². The summed E-state index contributed by atoms with van der Waals surface area (Å²) in [5, 5.41) is -0.0267. The molecule has 7 heteroatoms. The topological polar surface area (TPSA) is 71.1 Å². The lowest BCUT2D eigenvalue weighted by molar-refractivity contribution is -0.167. The third-order valence-corrected chi connectivity index (χ3v) is 11.6. The van der Waals surface area contributed by atoms with Gasteiger partial charge in [0.05, 0.1) is 20.8 Å². The molecule has 2 bridgehead atoms. The van der Waals surface area contributed by atoms with E-state index in [2.05, 4.69) is 26.8 Å². The summed E-state index contributed by atoms with van der Waals surface area (Å²) >= 11 is 7.00. The summed E-state index contributed by atoms with van der Waals surface area (Å²) < 4.78 is 22.6. The van der Waals surface area contributed by atoms with Gasteiger partial charge in [-0.25, -0.2) is 0 Å². The Morgan fingerprint density at radius 1 is 0.956 bits per heavy atom. The number of ether oxygens (including phenoxy) is 4. The van der Waals surface area contributed by atoms with Crippen LogP contribution < -0.4 is 9.47 Å². The van der Waals surface area contributed by atoms with Crippen molar-refractivity contribution in [3.05, 3.63) is 71.3 Å². The Morgan fingerprint density at radius 2 is 1.58 bits per heavy atom. The van der Waals surface area contributed by atoms with E-state index >= 15 is 0 Å². The van der Waals surface area contributed by atoms with Crippen molar-refractivity contribution in [3.8, 4) is 11.5 Å². The highest BCUT2D eigenvalue weighted by Crippen LogP contribution is 2.71. The molecule has 2 fully saturated rings. The number of halogens is 1. The number of carbonyl (C=O) groups excluding carboxylic acids is 2. The van der Waals surface area contributed by atoms with E-state index in [0.717, 1.165) is 60.2 Å². The fourth-order valence-corrected chi connectivity index (χ4v) is 9.14. The van der Waals surface area contributed by atoms with Gasteiger partial charge in [-0.2, -0.15) is 0 Å². The molecule has 6 nitrogen and oxygen atoms in total. The SMILES string of the molecule is COc1ccc(COCCCCC2C(C)C(Cl)CC2[C@@]2(C=O)CC3C=C(C(C)C)[C@@]2(C(=O)OCc2ccc(OC)cc2)C3)cc1. The Hall–Kier alpha value is -2.83. The number of alkyl halides is 1. The highest BCUT2D eigenvalue weighted by atomic mass is 35.5. The number of allylic oxidation sites excluding steroid dienone is 1. The fraction of sp³-hybridized carbons (Fsp3) is 0.579. The van der Waals surface area contributed by atoms with Gasteiger partial charge >= 0.3 is 5.97 Å². The molecule has 244 valence electrons. The molecule has 0 N–H and O–H groups in total. The molecule has 0 spiro atoms. The molecule has 3 aliphatic carbocycles. The molecule has 2 aromatic rings. The highest BCUT2D eigenvalue weighted by molar-refractivity contribution is 6.21. The van der Waals surface area contributed by atoms with Gasteiger partial charge in [0.2, 0.25) is 0 Å². The number of fused-ring (bicyclic) bond motifs is 2. The second kappa shape index (κ2) is 14.3. The molecule has 0 saturated heterocycles. The van der Waals surface area contributed by atoms with E-state index in [9.17, 15) is 9.59 Å². The van der Waals surface area contributed by atoms with Crippen molar-refractivity contribution in [1.29, 1.82) is 0 Å². The zero-order valence-electron chi connectivity index (χ0n) is 27.4. The van der Waals surface area contributed by atoms with Crippen LogP contribution in [0.25, 0.3) is 0 Å². The molecule has 3 aliphatic rings. The Morgan fingerprint density at radius 3 is 2.16 bits per heavy atom. The first-order valence-electron chi connectivity index (χ1n) is 16.5. The molecule has 5 rings (SSSR count). The lowest BCUT2D eigenvalue weighted by Gasteiger charge is -2.49. The largest absolute Gasteiger partial charge is 0.497 e. The molecule has 7 atom stereocenters. The third-order valence-electron chi connectivity index (χ3n) is 11.0. The van der Waals surface area contributed by atoms with Crippen molar-refractivity contribution >= 4 is 23.9 Å². The molecule has 0 heterocycles. The van der Waals surface area contributed by atoms with Crippen LogP contribution in [0.5, 0.6) is 11.5 Å². The van der Waals surface area contributed by atoms with Crippen LogP contribution in [0.2, 0.25) is 0 Å². The predicted octanol–water partition coefficient (Wildman–Crippen LogP) is 8.19. The Bertz CT molecular complexity index is 1340. The Kier molecular flexibility index (Phi) is 10.7. The van der Waals surface area contributed by atoms with Crippen LogP contribution in [0.4, 0.5) is 0 Å². The number of methoxy groups -OCH3 is 2. The molecular formula is C38H49ClO6. The Labute approximate surface area is 273 Å². The van der Waals surface area contributed by atoms with E-state index in [1.807, 2.05) is 48.5 Å². The summed E-state index contributed by atoms with van der Waals surface area (Å²) in [5.41, 5.74) is 1.30. The number of unbranched alkanes of at least 4 members (excludes halogenated alkanes) is 1. The maximum Gasteiger partial charge on any atom is 0.317 e. The molecule has 0 amide bonds. The van der Waals surface area contributed by atoms with E-state index < -0.39 is 10.8 Å². The van der Waals surface area contributed by atoms with Crippen molar-refractivity contribution in [2.24, 2.45) is 40.4 Å². The zero-order chi connectivity index (χ0) is 32.2. The first kappa shape index (κ1) is 33.5. The van der Waals surface area contributed by atoms with Gasteiger partial charge in [-0.3, -0.25) is 4.79 Å². The van der Waals surface area contributed by atoms with Crippen molar-refractivity contribution in [3.63, 3.8) is 0 Å². The minimum atomic E-state index is -0.953. The lowest BCUT2D eigenvalue weighted by Crippen LogP contribution is -2.53. The molecule has 2 aromatic carbocycles. The summed E-state index contributed by atoms with van der Waals surface area (Å²) in [4.78, 5) is 28.0. The van der Waals surface area contributed by atoms with Crippen molar-refractivity contribution in [1.82, 2.24) is 0 Å². The number of esters is 1. The van der Waals surface area contributed by atoms with Crippen molar-refractivity contribution < 1.29 is 28.5 Å². The monoisotopic (exact) mass is 636 g/mol. The van der Waals surface area contributed by atoms with Gasteiger partial charge < -0.3 is 23.7 Å². The standard InChI is InChI=1S/C38H49ClO6/c1-25(2)33-18-29-20-37(24-40,38(33,21-29)36(41)45-23-28-11-15-31(43-5)16-12-28)34-19-35(39)26(3)32(34)8-6-7-17-44-22-27-9-13-30(42-4)14-10-27/h9-16,18,24-26,29,32,34-35H,6-8,17,19-23H2,1-5H3/t26?,29?,32?,34?,35?,37-,38+/m0/s1. The first-order chi connectivity index (χ1) is 21.7. The minimum Gasteiger partial charge on any atom is -0.497 e. The minimum absolute atomic E-state index is 0.0219. The van der Waals surface area contributed by atoms with Gasteiger partial charge in [0, 0.05) is 17.4 Å². The van der Waals surface area contributed by atoms with E-state index in [1.54, 1.807) is 14.2 Å². The molecule has 2 saturated carbocycles. The Balaban J connectivity index is 1.30. The lowest BCUT2D eigenvalue weighted by atomic mass is 9.52. The second-order valence-corrected chi connectivity index (χ2v) is 14.3. The summed E-state index contributed by atoms with van der Waals surface area (Å²) in [6.45, 7) is 7.89. The van der Waals surface area contributed by atoms with Crippen LogP contribution in [-0.2, 0) is 32.3 Å². The normalized spacial score (nSPS) is 30.4. The average Bonchev–Trinajstić information content (AvgIpc) is 3.71. The second-order valence-electron chi connectivity index (χ2n) is 13.7. The van der Waals surface area contributed by atoms with E-state index in [-0.39, 0.29) is 47.5 Å². The van der Waals surface area contributed by atoms with Crippen molar-refractivity contribution in [2.45, 2.75) is 77.9 Å². The number of hydrogen-bond acceptors (Lipinski definition) is 6. The fourth-order valence-electron chi connectivity index (χ4n) is 8.76. The smallest absolute Gasteiger partial charge is 0.317 e. The molecule has 5 unspecified atom stereocenters. The van der Waals surface area contributed by atoms with Gasteiger partial charge in [-0.15, -0.1) is 11.6 Å². The molecule has 0 aliphatic heterocycles. The number of carbonyl (C=O) groups is 2. The quantitative estimate of drug-likeness (QED) is 0.0645. The van der Waals surface area contributed by atoms with Crippen LogP contribution in [-0.4, -0.2) is 38.5 Å². The van der Waals surface area contributed by atoms with E-state index in [1.165, 1.54) is 0 Å². The van der Waals surface area contributed by atoms with Gasteiger partial charge in [-0.05, 0) is 97.1 Å². The summed E-state index contributed by atoms with van der Waals surface area (Å²) in [7, 11) is 3.29. The maximum atomic E-state index is 14.4. The average molecular weight is 637 g/mol. The number of benzene rings is 2. The van der Waals surface area contributed by atoms with Gasteiger partial charge in [0.15, 0.2) is 0 Å². The van der Waals surface area contributed by atoms with Gasteiger partial charge in [-0.1, -0.05) is 63.1 Å². The predicted molar refractivity (Wildman–Crippen MR) is 176 cm³/mol. The highest BCUT2D eigenvalue weighted by Gasteiger charge is 2.72. The van der Waals surface area contributed by atoms with Crippen LogP contribution in [0.15, 0.2) is 60.2 Å². The number of rotatable bonds is 15. The van der Waals surface area contributed by atoms with Crippen LogP contribution >= 0.6 is 11.6 Å². The van der Waals surface area contributed by atoms with E-state index in [4.69, 9.17) is 30.5 Å².